The molecule has 0 atom stereocenters. The van der Waals surface area contributed by atoms with Crippen LogP contribution in [0.1, 0.15) is 47.1 Å². The number of aryl methyl sites for hydroxylation is 1. The standard InChI is InChI=1S/C16H24N2O5/c1-10-8-11(19)9-17-12(10)18(13(20)22-15(2,3)4)14(21)23-16(5,6)7/h8-9,19H,1-7H3. The highest BCUT2D eigenvalue weighted by Crippen LogP contribution is 2.25. The van der Waals surface area contributed by atoms with Crippen LogP contribution in [0, 0.1) is 6.92 Å². The third kappa shape index (κ3) is 5.77. The number of anilines is 1. The van der Waals surface area contributed by atoms with Gasteiger partial charge in [-0.25, -0.2) is 14.6 Å². The van der Waals surface area contributed by atoms with Crippen molar-refractivity contribution in [1.82, 2.24) is 4.98 Å². The van der Waals surface area contributed by atoms with Crippen molar-refractivity contribution in [2.45, 2.75) is 59.7 Å². The molecule has 1 heterocycles. The second kappa shape index (κ2) is 6.44. The molecular formula is C16H24N2O5. The quantitative estimate of drug-likeness (QED) is 0.845. The number of carbonyl (C=O) groups is 2. The molecule has 0 saturated heterocycles. The maximum Gasteiger partial charge on any atom is 0.425 e. The molecule has 0 bridgehead atoms. The molecule has 0 radical (unpaired) electrons. The lowest BCUT2D eigenvalue weighted by atomic mass is 10.2. The summed E-state index contributed by atoms with van der Waals surface area (Å²) in [4.78, 5) is 29.5. The van der Waals surface area contributed by atoms with Gasteiger partial charge in [0.05, 0.1) is 6.20 Å². The Morgan fingerprint density at radius 1 is 1.04 bits per heavy atom. The first-order valence-electron chi connectivity index (χ1n) is 7.22. The lowest BCUT2D eigenvalue weighted by Crippen LogP contribution is -2.44. The summed E-state index contributed by atoms with van der Waals surface area (Å²) in [5, 5.41) is 9.46. The third-order valence-electron chi connectivity index (χ3n) is 2.40. The second-order valence-electron chi connectivity index (χ2n) is 7.13. The largest absolute Gasteiger partial charge is 0.506 e. The molecule has 1 aromatic heterocycles. The molecule has 0 aromatic carbocycles. The molecule has 7 heteroatoms. The van der Waals surface area contributed by atoms with Gasteiger partial charge in [-0.05, 0) is 60.1 Å². The van der Waals surface area contributed by atoms with Crippen LogP contribution in [0.15, 0.2) is 12.3 Å². The van der Waals surface area contributed by atoms with Crippen molar-refractivity contribution in [2.75, 3.05) is 4.90 Å². The van der Waals surface area contributed by atoms with Crippen molar-refractivity contribution in [3.63, 3.8) is 0 Å². The van der Waals surface area contributed by atoms with E-state index in [-0.39, 0.29) is 11.6 Å². The summed E-state index contributed by atoms with van der Waals surface area (Å²) in [5.74, 6) is -0.0223. The summed E-state index contributed by atoms with van der Waals surface area (Å²) in [6, 6.07) is 1.39. The van der Waals surface area contributed by atoms with E-state index < -0.39 is 23.4 Å². The van der Waals surface area contributed by atoms with Crippen molar-refractivity contribution in [1.29, 1.82) is 0 Å². The molecule has 2 amide bonds. The van der Waals surface area contributed by atoms with Crippen molar-refractivity contribution in [2.24, 2.45) is 0 Å². The number of aromatic nitrogens is 1. The second-order valence-corrected chi connectivity index (χ2v) is 7.13. The highest BCUT2D eigenvalue weighted by Gasteiger charge is 2.34. The predicted octanol–water partition coefficient (Wildman–Crippen LogP) is 3.77. The minimum Gasteiger partial charge on any atom is -0.506 e. The molecule has 1 N–H and O–H groups in total. The van der Waals surface area contributed by atoms with Crippen molar-refractivity contribution >= 4 is 18.0 Å². The van der Waals surface area contributed by atoms with Crippen molar-refractivity contribution < 1.29 is 24.2 Å². The third-order valence-corrected chi connectivity index (χ3v) is 2.40. The van der Waals surface area contributed by atoms with E-state index in [1.54, 1.807) is 48.5 Å². The average molecular weight is 324 g/mol. The summed E-state index contributed by atoms with van der Waals surface area (Å²) in [6.07, 6.45) is -0.648. The molecular weight excluding hydrogens is 300 g/mol. The molecule has 1 aromatic rings. The number of aromatic hydroxyl groups is 1. The Balaban J connectivity index is 3.25. The summed E-state index contributed by atoms with van der Waals surface area (Å²) >= 11 is 0. The maximum atomic E-state index is 12.4. The fourth-order valence-electron chi connectivity index (χ4n) is 1.65. The molecule has 0 unspecified atom stereocenters. The highest BCUT2D eigenvalue weighted by atomic mass is 16.6. The first-order valence-corrected chi connectivity index (χ1v) is 7.22. The van der Waals surface area contributed by atoms with Gasteiger partial charge in [0.25, 0.3) is 0 Å². The number of carbonyl (C=O) groups excluding carboxylic acids is 2. The van der Waals surface area contributed by atoms with E-state index in [4.69, 9.17) is 9.47 Å². The van der Waals surface area contributed by atoms with Crippen LogP contribution < -0.4 is 4.90 Å². The van der Waals surface area contributed by atoms with Crippen molar-refractivity contribution in [3.05, 3.63) is 17.8 Å². The van der Waals surface area contributed by atoms with Gasteiger partial charge in [-0.1, -0.05) is 0 Å². The van der Waals surface area contributed by atoms with Gasteiger partial charge in [-0.15, -0.1) is 0 Å². The topological polar surface area (TPSA) is 89.0 Å². The monoisotopic (exact) mass is 324 g/mol. The lowest BCUT2D eigenvalue weighted by molar-refractivity contribution is 0.0428. The molecule has 0 fully saturated rings. The maximum absolute atomic E-state index is 12.4. The van der Waals surface area contributed by atoms with Crippen LogP contribution in [0.4, 0.5) is 15.4 Å². The molecule has 0 saturated carbocycles. The smallest absolute Gasteiger partial charge is 0.425 e. The van der Waals surface area contributed by atoms with Crippen LogP contribution in [0.25, 0.3) is 0 Å². The number of imide groups is 1. The Bertz CT molecular complexity index is 571. The Hall–Kier alpha value is -2.31. The summed E-state index contributed by atoms with van der Waals surface area (Å²) in [6.45, 7) is 11.8. The summed E-state index contributed by atoms with van der Waals surface area (Å²) in [7, 11) is 0. The Labute approximate surface area is 136 Å². The molecule has 128 valence electrons. The number of hydrogen-bond donors (Lipinski definition) is 1. The fourth-order valence-corrected chi connectivity index (χ4v) is 1.65. The van der Waals surface area contributed by atoms with E-state index in [1.165, 1.54) is 6.07 Å². The van der Waals surface area contributed by atoms with Gasteiger partial charge in [0.2, 0.25) is 0 Å². The fraction of sp³-hybridized carbons (Fsp3) is 0.562. The normalized spacial score (nSPS) is 11.8. The molecule has 1 rings (SSSR count). The van der Waals surface area contributed by atoms with E-state index in [1.807, 2.05) is 0 Å². The number of amides is 2. The van der Waals surface area contributed by atoms with Crippen LogP contribution in [0.5, 0.6) is 5.75 Å². The number of ether oxygens (including phenoxy) is 2. The van der Waals surface area contributed by atoms with Gasteiger partial charge in [0.1, 0.15) is 17.0 Å². The van der Waals surface area contributed by atoms with Gasteiger partial charge in [0, 0.05) is 0 Å². The molecule has 7 nitrogen and oxygen atoms in total. The van der Waals surface area contributed by atoms with E-state index in [2.05, 4.69) is 4.98 Å². The van der Waals surface area contributed by atoms with Crippen LogP contribution >= 0.6 is 0 Å². The first kappa shape index (κ1) is 18.7. The van der Waals surface area contributed by atoms with Gasteiger partial charge in [-0.3, -0.25) is 0 Å². The minimum atomic E-state index is -0.895. The van der Waals surface area contributed by atoms with E-state index in [0.29, 0.717) is 5.56 Å². The van der Waals surface area contributed by atoms with Gasteiger partial charge in [-0.2, -0.15) is 4.90 Å². The number of nitrogens with zero attached hydrogens (tertiary/aromatic N) is 2. The van der Waals surface area contributed by atoms with E-state index in [9.17, 15) is 14.7 Å². The molecule has 23 heavy (non-hydrogen) atoms. The average Bonchev–Trinajstić information content (AvgIpc) is 2.27. The summed E-state index contributed by atoms with van der Waals surface area (Å²) < 4.78 is 10.5. The first-order chi connectivity index (χ1) is 10.3. The highest BCUT2D eigenvalue weighted by molar-refractivity contribution is 6.09. The SMILES string of the molecule is Cc1cc(O)cnc1N(C(=O)OC(C)(C)C)C(=O)OC(C)(C)C. The van der Waals surface area contributed by atoms with Gasteiger partial charge in [0.15, 0.2) is 5.82 Å². The predicted molar refractivity (Wildman–Crippen MR) is 85.6 cm³/mol. The lowest BCUT2D eigenvalue weighted by Gasteiger charge is -2.28. The number of rotatable bonds is 1. The van der Waals surface area contributed by atoms with Crippen LogP contribution in [-0.2, 0) is 9.47 Å². The van der Waals surface area contributed by atoms with Crippen LogP contribution in [0.3, 0.4) is 0 Å². The zero-order valence-electron chi connectivity index (χ0n) is 14.6. The van der Waals surface area contributed by atoms with Gasteiger partial charge < -0.3 is 14.6 Å². The Morgan fingerprint density at radius 3 is 1.83 bits per heavy atom. The zero-order valence-corrected chi connectivity index (χ0v) is 14.6. The van der Waals surface area contributed by atoms with Gasteiger partial charge >= 0.3 is 12.2 Å². The number of hydrogen-bond acceptors (Lipinski definition) is 6. The van der Waals surface area contributed by atoms with Crippen LogP contribution in [-0.4, -0.2) is 33.5 Å². The zero-order chi connectivity index (χ0) is 18.0. The van der Waals surface area contributed by atoms with Crippen molar-refractivity contribution in [3.8, 4) is 5.75 Å². The molecule has 0 spiro atoms. The molecule has 0 aliphatic heterocycles. The Kier molecular flexibility index (Phi) is 5.24. The Morgan fingerprint density at radius 2 is 1.48 bits per heavy atom. The van der Waals surface area contributed by atoms with E-state index in [0.717, 1.165) is 11.1 Å². The minimum absolute atomic E-state index is 0.0475. The molecule has 0 aliphatic rings. The molecule has 0 aliphatic carbocycles. The summed E-state index contributed by atoms with van der Waals surface area (Å²) in [5.41, 5.74) is -1.15. The van der Waals surface area contributed by atoms with E-state index >= 15 is 0 Å². The number of pyridine rings is 1. The van der Waals surface area contributed by atoms with Crippen LogP contribution in [0.2, 0.25) is 0 Å².